The van der Waals surface area contributed by atoms with E-state index < -0.39 is 12.8 Å². The number of anilines is 2. The summed E-state index contributed by atoms with van der Waals surface area (Å²) in [6.07, 6.45) is -2.24. The Kier molecular flexibility index (Phi) is 19.2. The van der Waals surface area contributed by atoms with Crippen LogP contribution in [0.4, 0.5) is 24.5 Å². The number of benzene rings is 4. The van der Waals surface area contributed by atoms with E-state index in [-0.39, 0.29) is 24.8 Å². The molecular weight excluding hydrogens is 909 g/mol. The Balaban J connectivity index is 0.000000246. The van der Waals surface area contributed by atoms with Gasteiger partial charge in [-0.2, -0.15) is 13.2 Å². The molecule has 16 heteroatoms. The number of halogens is 5. The Morgan fingerprint density at radius 1 is 0.585 bits per heavy atom. The van der Waals surface area contributed by atoms with Crippen molar-refractivity contribution in [3.05, 3.63) is 94.4 Å². The minimum absolute atomic E-state index is 0. The second-order valence-corrected chi connectivity index (χ2v) is 17.5. The SMILES string of the molecule is CCCNc1c(C)c2sc3cc(=[N+](CC)CC)ccc-3nc2c2ccc(C)nc12.CCCNc1cc2sc3cc(=[N+](CC)CC)ccc-3nc2c2ccc(C)nc12.OCC(F)(F)F.[Cl-].[Cl-]. The van der Waals surface area contributed by atoms with Crippen LogP contribution in [0, 0.1) is 20.8 Å². The molecule has 348 valence electrons. The summed E-state index contributed by atoms with van der Waals surface area (Å²) in [5, 5.41) is 19.2. The van der Waals surface area contributed by atoms with E-state index >= 15 is 0 Å². The lowest BCUT2D eigenvalue weighted by molar-refractivity contribution is -0.159. The van der Waals surface area contributed by atoms with Gasteiger partial charge in [-0.05, 0) is 109 Å². The van der Waals surface area contributed by atoms with Crippen molar-refractivity contribution >= 4 is 76.3 Å². The highest BCUT2D eigenvalue weighted by atomic mass is 35.5. The van der Waals surface area contributed by atoms with Crippen molar-refractivity contribution in [3.63, 3.8) is 0 Å². The van der Waals surface area contributed by atoms with Crippen molar-refractivity contribution in [1.82, 2.24) is 29.1 Å². The first-order chi connectivity index (χ1) is 30.3. The van der Waals surface area contributed by atoms with Crippen molar-refractivity contribution in [2.45, 2.75) is 81.3 Å². The van der Waals surface area contributed by atoms with Gasteiger partial charge in [0, 0.05) is 59.5 Å². The van der Waals surface area contributed by atoms with Crippen LogP contribution in [0.2, 0.25) is 0 Å². The summed E-state index contributed by atoms with van der Waals surface area (Å²) in [6.45, 7) is 23.6. The summed E-state index contributed by atoms with van der Waals surface area (Å²) in [5.41, 5.74) is 11.8. The van der Waals surface area contributed by atoms with Crippen LogP contribution in [0.25, 0.3) is 63.4 Å². The second kappa shape index (κ2) is 23.6. The number of hydrogen-bond donors (Lipinski definition) is 3. The quantitative estimate of drug-likeness (QED) is 0.104. The van der Waals surface area contributed by atoms with Crippen LogP contribution in [-0.2, 0) is 0 Å². The molecule has 2 aliphatic heterocycles. The summed E-state index contributed by atoms with van der Waals surface area (Å²) < 4.78 is 38.8. The lowest BCUT2D eigenvalue weighted by Crippen LogP contribution is -3.00. The van der Waals surface area contributed by atoms with Gasteiger partial charge < -0.3 is 40.6 Å². The van der Waals surface area contributed by atoms with E-state index in [9.17, 15) is 13.2 Å². The van der Waals surface area contributed by atoms with Gasteiger partial charge in [-0.25, -0.2) is 19.1 Å². The van der Waals surface area contributed by atoms with Crippen molar-refractivity contribution in [2.24, 2.45) is 0 Å². The Bertz CT molecular complexity index is 2960. The van der Waals surface area contributed by atoms with Crippen LogP contribution in [0.5, 0.6) is 0 Å². The number of aromatic nitrogens is 4. The maximum absolute atomic E-state index is 10.5. The van der Waals surface area contributed by atoms with Crippen molar-refractivity contribution in [2.75, 3.05) is 56.5 Å². The van der Waals surface area contributed by atoms with Crippen LogP contribution < -0.4 is 55.3 Å². The number of rotatable bonds is 10. The van der Waals surface area contributed by atoms with Gasteiger partial charge in [-0.15, -0.1) is 22.7 Å². The van der Waals surface area contributed by atoms with E-state index in [1.54, 1.807) is 0 Å². The fourth-order valence-corrected chi connectivity index (χ4v) is 9.76. The lowest BCUT2D eigenvalue weighted by atomic mass is 10.1. The van der Waals surface area contributed by atoms with Crippen molar-refractivity contribution in [1.29, 1.82) is 0 Å². The van der Waals surface area contributed by atoms with Gasteiger partial charge in [0.15, 0.2) is 0 Å². The van der Waals surface area contributed by atoms with E-state index in [0.717, 1.165) is 119 Å². The highest BCUT2D eigenvalue weighted by Gasteiger charge is 2.24. The Labute approximate surface area is 399 Å². The summed E-state index contributed by atoms with van der Waals surface area (Å²) in [5.74, 6) is 0. The zero-order valence-corrected chi connectivity index (χ0v) is 41.7. The molecule has 3 N–H and O–H groups in total. The molecule has 4 aliphatic rings. The van der Waals surface area contributed by atoms with Gasteiger partial charge in [0.25, 0.3) is 0 Å². The zero-order valence-electron chi connectivity index (χ0n) is 38.6. The molecule has 0 atom stereocenters. The summed E-state index contributed by atoms with van der Waals surface area (Å²) in [4.78, 5) is 22.3. The van der Waals surface area contributed by atoms with Gasteiger partial charge in [-0.1, -0.05) is 13.8 Å². The fourth-order valence-electron chi connectivity index (χ4n) is 7.57. The largest absolute Gasteiger partial charge is 1.00 e. The Morgan fingerprint density at radius 3 is 1.57 bits per heavy atom. The first-order valence-electron chi connectivity index (χ1n) is 21.9. The van der Waals surface area contributed by atoms with E-state index in [0.29, 0.717) is 0 Å². The maximum Gasteiger partial charge on any atom is 0.411 e. The number of pyridine rings is 2. The van der Waals surface area contributed by atoms with Crippen LogP contribution in [0.15, 0.2) is 66.7 Å². The van der Waals surface area contributed by atoms with Gasteiger partial charge in [-0.3, -0.25) is 9.97 Å². The molecule has 0 unspecified atom stereocenters. The topological polar surface area (TPSA) is 102 Å². The predicted octanol–water partition coefficient (Wildman–Crippen LogP) is 4.64. The first kappa shape index (κ1) is 52.9. The second-order valence-electron chi connectivity index (χ2n) is 15.3. The maximum atomic E-state index is 10.5. The van der Waals surface area contributed by atoms with Crippen molar-refractivity contribution < 1.29 is 43.1 Å². The molecule has 8 rings (SSSR count). The third kappa shape index (κ3) is 12.2. The minimum Gasteiger partial charge on any atom is -1.00 e. The highest BCUT2D eigenvalue weighted by Crippen LogP contribution is 2.40. The average Bonchev–Trinajstić information content (AvgIpc) is 3.28. The number of hydrogen-bond acceptors (Lipinski definition) is 9. The standard InChI is InChI=1S/C24H28N4S.C23H26N4S.C2H3F3O.2ClH/c1-6-13-25-21-16(5)24-23(18-11-9-15(4)26-22(18)21)27-19-12-10-17(14-20(19)29-24)28(7-2)8-3;1-5-12-24-19-14-21-23(17-10-8-15(4)25-22(17)19)26-18-11-9-16(13-20(18)28-21)27(6-2)7-3;3-2(4,5)1-6;;/h9-12,14H,6-8,13H2,1-5H3;8-11,13-14H,5-7,12H2,1-4H3;6H,1H2;2*1H. The molecule has 2 aliphatic carbocycles. The minimum atomic E-state index is -4.40. The lowest BCUT2D eigenvalue weighted by Gasteiger charge is -2.16. The van der Waals surface area contributed by atoms with Crippen LogP contribution in [0.3, 0.4) is 0 Å². The summed E-state index contributed by atoms with van der Waals surface area (Å²) >= 11 is 3.65. The number of aliphatic hydroxyl groups excluding tert-OH is 1. The predicted molar refractivity (Wildman–Crippen MR) is 261 cm³/mol. The summed E-state index contributed by atoms with van der Waals surface area (Å²) in [7, 11) is 0. The van der Waals surface area contributed by atoms with E-state index in [1.807, 2.05) is 36.5 Å². The van der Waals surface area contributed by atoms with Crippen LogP contribution >= 0.6 is 22.7 Å². The van der Waals surface area contributed by atoms with Gasteiger partial charge in [0.1, 0.15) is 32.8 Å². The molecule has 0 spiro atoms. The first-order valence-corrected chi connectivity index (χ1v) is 23.5. The molecule has 4 aromatic rings. The zero-order chi connectivity index (χ0) is 45.4. The third-order valence-electron chi connectivity index (χ3n) is 10.8. The molecule has 0 saturated heterocycles. The number of fused-ring (bicyclic) bond motifs is 8. The van der Waals surface area contributed by atoms with E-state index in [2.05, 4.69) is 135 Å². The van der Waals surface area contributed by atoms with E-state index in [1.165, 1.54) is 35.4 Å². The van der Waals surface area contributed by atoms with Crippen LogP contribution in [-0.4, -0.2) is 77.1 Å². The molecule has 2 aromatic heterocycles. The highest BCUT2D eigenvalue weighted by molar-refractivity contribution is 7.22. The fraction of sp³-hybridized carbons (Fsp3) is 0.388. The normalized spacial score (nSPS) is 11.2. The number of nitrogens with one attached hydrogen (secondary N) is 2. The molecule has 9 nitrogen and oxygen atoms in total. The number of aryl methyl sites for hydroxylation is 3. The number of aliphatic hydroxyl groups is 1. The molecule has 0 amide bonds. The molecule has 0 bridgehead atoms. The van der Waals surface area contributed by atoms with Crippen molar-refractivity contribution in [3.8, 4) is 21.1 Å². The molecule has 4 heterocycles. The molecule has 0 radical (unpaired) electrons. The smallest absolute Gasteiger partial charge is 0.411 e. The van der Waals surface area contributed by atoms with Crippen LogP contribution in [0.1, 0.15) is 71.3 Å². The molecule has 2 aromatic carbocycles. The monoisotopic (exact) mass is 966 g/mol. The van der Waals surface area contributed by atoms with Gasteiger partial charge in [0.2, 0.25) is 10.7 Å². The Morgan fingerprint density at radius 2 is 1.06 bits per heavy atom. The molecule has 0 saturated carbocycles. The molecule has 65 heavy (non-hydrogen) atoms. The average molecular weight is 968 g/mol. The molecule has 0 fully saturated rings. The third-order valence-corrected chi connectivity index (χ3v) is 13.2. The van der Waals surface area contributed by atoms with Gasteiger partial charge >= 0.3 is 6.18 Å². The summed E-state index contributed by atoms with van der Waals surface area (Å²) in [6, 6.07) is 24.0. The Hall–Kier alpha value is -4.73. The van der Waals surface area contributed by atoms with Gasteiger partial charge in [0.05, 0.1) is 64.0 Å². The molecular formula is C49H59Cl2F3N8OS2. The van der Waals surface area contributed by atoms with E-state index in [4.69, 9.17) is 25.0 Å². The number of alkyl halides is 3. The number of nitrogens with zero attached hydrogens (tertiary/aromatic N) is 6.